The summed E-state index contributed by atoms with van der Waals surface area (Å²) in [7, 11) is 0. The minimum absolute atomic E-state index is 0.0357. The molecule has 0 fully saturated rings. The molecule has 0 unspecified atom stereocenters. The van der Waals surface area contributed by atoms with Crippen LogP contribution < -0.4 is 0 Å². The van der Waals surface area contributed by atoms with Gasteiger partial charge in [0.2, 0.25) is 11.7 Å². The smallest absolute Gasteiger partial charge is 0.255 e. The average molecular weight is 388 g/mol. The fourth-order valence-corrected chi connectivity index (χ4v) is 3.45. The third-order valence-electron chi connectivity index (χ3n) is 4.41. The summed E-state index contributed by atoms with van der Waals surface area (Å²) in [6.45, 7) is 3.01. The zero-order chi connectivity index (χ0) is 18.3. The molecule has 7 heteroatoms. The Labute approximate surface area is 160 Å². The zero-order valence-corrected chi connectivity index (χ0v) is 15.5. The topological polar surface area (TPSA) is 59.2 Å². The number of amides is 1. The van der Waals surface area contributed by atoms with E-state index in [9.17, 15) is 4.79 Å². The van der Waals surface area contributed by atoms with Crippen LogP contribution in [0.5, 0.6) is 0 Å². The number of halogens is 2. The molecule has 132 valence electrons. The van der Waals surface area contributed by atoms with Crippen molar-refractivity contribution in [2.24, 2.45) is 0 Å². The molecule has 0 saturated carbocycles. The summed E-state index contributed by atoms with van der Waals surface area (Å²) >= 11 is 11.7. The highest BCUT2D eigenvalue weighted by molar-refractivity contribution is 6.30. The van der Waals surface area contributed by atoms with Crippen LogP contribution in [0.1, 0.15) is 32.9 Å². The second-order valence-corrected chi connectivity index (χ2v) is 6.96. The van der Waals surface area contributed by atoms with Gasteiger partial charge in [-0.05, 0) is 47.9 Å². The van der Waals surface area contributed by atoms with Gasteiger partial charge in [-0.15, -0.1) is 11.6 Å². The highest BCUT2D eigenvalue weighted by atomic mass is 35.5. The van der Waals surface area contributed by atoms with Crippen molar-refractivity contribution in [3.63, 3.8) is 0 Å². The molecule has 0 radical (unpaired) electrons. The van der Waals surface area contributed by atoms with Gasteiger partial charge >= 0.3 is 0 Å². The Morgan fingerprint density at radius 1 is 1.23 bits per heavy atom. The number of rotatable bonds is 4. The first-order valence-electron chi connectivity index (χ1n) is 8.11. The maximum Gasteiger partial charge on any atom is 0.255 e. The highest BCUT2D eigenvalue weighted by Gasteiger charge is 2.30. The number of alkyl halides is 1. The number of carbonyl (C=O) groups excluding carboxylic acids is 1. The fraction of sp³-hybridized carbons (Fsp3) is 0.211. The first kappa shape index (κ1) is 17.1. The molecule has 0 saturated heterocycles. The predicted molar refractivity (Wildman–Crippen MR) is 99.1 cm³/mol. The number of carbonyl (C=O) groups is 1. The monoisotopic (exact) mass is 387 g/mol. The lowest BCUT2D eigenvalue weighted by Crippen LogP contribution is -2.23. The van der Waals surface area contributed by atoms with Crippen molar-refractivity contribution in [1.29, 1.82) is 0 Å². The van der Waals surface area contributed by atoms with Crippen molar-refractivity contribution in [2.75, 3.05) is 0 Å². The van der Waals surface area contributed by atoms with Crippen LogP contribution in [-0.2, 0) is 19.0 Å². The third kappa shape index (κ3) is 3.08. The summed E-state index contributed by atoms with van der Waals surface area (Å²) < 4.78 is 5.08. The van der Waals surface area contributed by atoms with Crippen molar-refractivity contribution < 1.29 is 9.32 Å². The van der Waals surface area contributed by atoms with Gasteiger partial charge in [-0.3, -0.25) is 4.79 Å². The van der Waals surface area contributed by atoms with Crippen LogP contribution in [0.2, 0.25) is 5.02 Å². The predicted octanol–water partition coefficient (Wildman–Crippen LogP) is 4.59. The minimum atomic E-state index is 0.0357. The van der Waals surface area contributed by atoms with Gasteiger partial charge in [-0.25, -0.2) is 0 Å². The van der Waals surface area contributed by atoms with Gasteiger partial charge in [0.1, 0.15) is 5.88 Å². The second kappa shape index (κ2) is 6.74. The quantitative estimate of drug-likeness (QED) is 0.614. The van der Waals surface area contributed by atoms with Crippen LogP contribution in [0.3, 0.4) is 0 Å². The van der Waals surface area contributed by atoms with E-state index in [0.29, 0.717) is 29.8 Å². The van der Waals surface area contributed by atoms with Gasteiger partial charge in [-0.2, -0.15) is 4.98 Å². The largest absolute Gasteiger partial charge is 0.338 e. The molecule has 0 N–H and O–H groups in total. The van der Waals surface area contributed by atoms with E-state index < -0.39 is 0 Å². The maximum atomic E-state index is 12.8. The van der Waals surface area contributed by atoms with Crippen molar-refractivity contribution in [3.8, 4) is 11.4 Å². The summed E-state index contributed by atoms with van der Waals surface area (Å²) in [5.41, 5.74) is 4.49. The van der Waals surface area contributed by atoms with Crippen molar-refractivity contribution >= 4 is 29.1 Å². The molecular formula is C19H15Cl2N3O2. The van der Waals surface area contributed by atoms with Crippen LogP contribution in [0.25, 0.3) is 11.4 Å². The van der Waals surface area contributed by atoms with E-state index >= 15 is 0 Å². The van der Waals surface area contributed by atoms with E-state index in [1.807, 2.05) is 48.2 Å². The van der Waals surface area contributed by atoms with Gasteiger partial charge in [0.05, 0.1) is 0 Å². The van der Waals surface area contributed by atoms with Crippen molar-refractivity contribution in [2.45, 2.75) is 25.9 Å². The number of hydrogen-bond acceptors (Lipinski definition) is 4. The number of benzene rings is 2. The first-order chi connectivity index (χ1) is 12.5. The molecule has 1 aliphatic heterocycles. The van der Waals surface area contributed by atoms with E-state index in [-0.39, 0.29) is 11.8 Å². The lowest BCUT2D eigenvalue weighted by atomic mass is 10.00. The average Bonchev–Trinajstić information content (AvgIpc) is 3.22. The lowest BCUT2D eigenvalue weighted by Gasteiger charge is -2.15. The van der Waals surface area contributed by atoms with E-state index in [1.165, 1.54) is 0 Å². The lowest BCUT2D eigenvalue weighted by molar-refractivity contribution is 0.0766. The molecule has 2 heterocycles. The summed E-state index contributed by atoms with van der Waals surface area (Å²) in [5, 5.41) is 4.64. The molecule has 26 heavy (non-hydrogen) atoms. The normalized spacial score (nSPS) is 13.3. The van der Waals surface area contributed by atoms with Gasteiger partial charge < -0.3 is 9.42 Å². The molecule has 0 aliphatic carbocycles. The van der Waals surface area contributed by atoms with Gasteiger partial charge in [0.15, 0.2) is 0 Å². The summed E-state index contributed by atoms with van der Waals surface area (Å²) in [5.74, 6) is 1.06. The molecule has 0 atom stereocenters. The molecular weight excluding hydrogens is 373 g/mol. The number of aromatic nitrogens is 2. The minimum Gasteiger partial charge on any atom is -0.338 e. The molecule has 3 aromatic rings. The molecule has 4 rings (SSSR count). The summed E-state index contributed by atoms with van der Waals surface area (Å²) in [4.78, 5) is 18.9. The van der Waals surface area contributed by atoms with Gasteiger partial charge in [0.25, 0.3) is 5.91 Å². The zero-order valence-electron chi connectivity index (χ0n) is 14.0. The summed E-state index contributed by atoms with van der Waals surface area (Å²) in [6.07, 6.45) is 0. The van der Waals surface area contributed by atoms with Crippen LogP contribution in [0.4, 0.5) is 0 Å². The van der Waals surface area contributed by atoms with Gasteiger partial charge in [0, 0.05) is 29.2 Å². The Kier molecular flexibility index (Phi) is 4.42. The SMILES string of the molecule is Cc1cc(-c2noc(CCl)n2)cc2c1C(=O)N(Cc1ccc(Cl)cc1)C2. The van der Waals surface area contributed by atoms with E-state index in [0.717, 1.165) is 27.8 Å². The van der Waals surface area contributed by atoms with E-state index in [4.69, 9.17) is 27.7 Å². The van der Waals surface area contributed by atoms with Crippen LogP contribution >= 0.6 is 23.2 Å². The van der Waals surface area contributed by atoms with Crippen LogP contribution in [-0.4, -0.2) is 20.9 Å². The standard InChI is InChI=1S/C19H15Cl2N3O2/c1-11-6-13(18-22-16(8-20)26-23-18)7-14-10-24(19(25)17(11)14)9-12-2-4-15(21)5-3-12/h2-7H,8-10H2,1H3. The maximum absolute atomic E-state index is 12.8. The molecule has 1 aliphatic rings. The number of hydrogen-bond donors (Lipinski definition) is 0. The van der Waals surface area contributed by atoms with E-state index in [2.05, 4.69) is 10.1 Å². The van der Waals surface area contributed by atoms with Crippen LogP contribution in [0.15, 0.2) is 40.9 Å². The molecule has 1 amide bonds. The fourth-order valence-electron chi connectivity index (χ4n) is 3.22. The Morgan fingerprint density at radius 3 is 2.69 bits per heavy atom. The van der Waals surface area contributed by atoms with Crippen molar-refractivity contribution in [1.82, 2.24) is 15.0 Å². The Balaban J connectivity index is 1.63. The number of nitrogens with zero attached hydrogens (tertiary/aromatic N) is 3. The molecule has 1 aromatic heterocycles. The van der Waals surface area contributed by atoms with E-state index in [1.54, 1.807) is 0 Å². The molecule has 5 nitrogen and oxygen atoms in total. The Hall–Kier alpha value is -2.37. The first-order valence-corrected chi connectivity index (χ1v) is 9.02. The van der Waals surface area contributed by atoms with Gasteiger partial charge in [-0.1, -0.05) is 28.9 Å². The Morgan fingerprint density at radius 2 is 2.00 bits per heavy atom. The third-order valence-corrected chi connectivity index (χ3v) is 4.89. The number of aryl methyl sites for hydroxylation is 1. The summed E-state index contributed by atoms with van der Waals surface area (Å²) in [6, 6.07) is 11.4. The molecule has 2 aromatic carbocycles. The highest BCUT2D eigenvalue weighted by Crippen LogP contribution is 2.31. The number of fused-ring (bicyclic) bond motifs is 1. The van der Waals surface area contributed by atoms with Crippen LogP contribution in [0, 0.1) is 6.92 Å². The molecule has 0 spiro atoms. The molecule has 0 bridgehead atoms. The Bertz CT molecular complexity index is 983. The second-order valence-electron chi connectivity index (χ2n) is 6.26. The van der Waals surface area contributed by atoms with Crippen molar-refractivity contribution in [3.05, 3.63) is 69.6 Å².